The van der Waals surface area contributed by atoms with Crippen molar-refractivity contribution in [2.24, 2.45) is 0 Å². The summed E-state index contributed by atoms with van der Waals surface area (Å²) in [5.74, 6) is 0.940. The molecule has 0 saturated heterocycles. The summed E-state index contributed by atoms with van der Waals surface area (Å²) in [5.41, 5.74) is 2.40. The first-order valence-corrected chi connectivity index (χ1v) is 8.46. The highest BCUT2D eigenvalue weighted by molar-refractivity contribution is 9.10. The van der Waals surface area contributed by atoms with Crippen LogP contribution in [0.25, 0.3) is 0 Å². The van der Waals surface area contributed by atoms with Gasteiger partial charge < -0.3 is 15.5 Å². The zero-order chi connectivity index (χ0) is 17.7. The number of halogens is 1. The molecule has 0 saturated carbocycles. The van der Waals surface area contributed by atoms with Crippen LogP contribution < -0.4 is 10.6 Å². The van der Waals surface area contributed by atoms with Crippen LogP contribution in [0.15, 0.2) is 28.7 Å². The molecule has 2 rings (SSSR count). The number of anilines is 2. The molecule has 24 heavy (non-hydrogen) atoms. The van der Waals surface area contributed by atoms with Gasteiger partial charge in [-0.05, 0) is 45.6 Å². The van der Waals surface area contributed by atoms with Crippen molar-refractivity contribution in [3.63, 3.8) is 0 Å². The van der Waals surface area contributed by atoms with Gasteiger partial charge in [-0.3, -0.25) is 4.79 Å². The maximum absolute atomic E-state index is 12.2. The van der Waals surface area contributed by atoms with Crippen LogP contribution in [0.3, 0.4) is 0 Å². The molecule has 2 aromatic rings. The van der Waals surface area contributed by atoms with Crippen LogP contribution in [-0.4, -0.2) is 48.0 Å². The Hall–Kier alpha value is -1.99. The van der Waals surface area contributed by atoms with E-state index < -0.39 is 0 Å². The Labute approximate surface area is 150 Å². The van der Waals surface area contributed by atoms with E-state index in [1.165, 1.54) is 0 Å². The predicted molar refractivity (Wildman–Crippen MR) is 99.8 cm³/mol. The van der Waals surface area contributed by atoms with Crippen LogP contribution in [0.4, 0.5) is 11.5 Å². The van der Waals surface area contributed by atoms with Gasteiger partial charge in [-0.25, -0.2) is 9.97 Å². The van der Waals surface area contributed by atoms with Gasteiger partial charge in [-0.2, -0.15) is 0 Å². The summed E-state index contributed by atoms with van der Waals surface area (Å²) in [6, 6.07) is 7.61. The maximum Gasteiger partial charge on any atom is 0.270 e. The quantitative estimate of drug-likeness (QED) is 0.791. The highest BCUT2D eigenvalue weighted by Crippen LogP contribution is 2.23. The molecule has 0 spiro atoms. The molecular weight excluding hydrogens is 370 g/mol. The van der Waals surface area contributed by atoms with Crippen molar-refractivity contribution in [1.29, 1.82) is 0 Å². The van der Waals surface area contributed by atoms with Crippen molar-refractivity contribution in [2.45, 2.75) is 13.8 Å². The predicted octanol–water partition coefficient (Wildman–Crippen LogP) is 2.89. The number of carbonyl (C=O) groups excluding carboxylic acids is 1. The first-order valence-electron chi connectivity index (χ1n) is 7.67. The number of rotatable bonds is 6. The third-order valence-electron chi connectivity index (χ3n) is 3.36. The average molecular weight is 392 g/mol. The molecule has 0 bridgehead atoms. The Bertz CT molecular complexity index is 733. The first-order chi connectivity index (χ1) is 11.3. The normalized spacial score (nSPS) is 10.8. The van der Waals surface area contributed by atoms with E-state index in [2.05, 4.69) is 36.5 Å². The lowest BCUT2D eigenvalue weighted by atomic mass is 10.2. The van der Waals surface area contributed by atoms with Gasteiger partial charge in [0.2, 0.25) is 0 Å². The zero-order valence-corrected chi connectivity index (χ0v) is 15.9. The lowest BCUT2D eigenvalue weighted by Crippen LogP contribution is -2.32. The molecule has 1 heterocycles. The Morgan fingerprint density at radius 3 is 2.62 bits per heavy atom. The van der Waals surface area contributed by atoms with E-state index in [1.54, 1.807) is 13.0 Å². The van der Waals surface area contributed by atoms with Gasteiger partial charge in [-0.1, -0.05) is 22.0 Å². The summed E-state index contributed by atoms with van der Waals surface area (Å²) in [5, 5.41) is 6.07. The molecule has 2 N–H and O–H groups in total. The number of carbonyl (C=O) groups is 1. The van der Waals surface area contributed by atoms with Crippen molar-refractivity contribution in [3.05, 3.63) is 45.8 Å². The summed E-state index contributed by atoms with van der Waals surface area (Å²) in [6.45, 7) is 5.15. The van der Waals surface area contributed by atoms with Crippen LogP contribution in [0.1, 0.15) is 21.9 Å². The zero-order valence-electron chi connectivity index (χ0n) is 14.4. The van der Waals surface area contributed by atoms with Crippen molar-refractivity contribution >= 4 is 33.3 Å². The number of hydrogen-bond donors (Lipinski definition) is 2. The van der Waals surface area contributed by atoms with Crippen molar-refractivity contribution in [2.75, 3.05) is 32.5 Å². The maximum atomic E-state index is 12.2. The minimum Gasteiger partial charge on any atom is -0.349 e. The fourth-order valence-electron chi connectivity index (χ4n) is 2.05. The smallest absolute Gasteiger partial charge is 0.270 e. The summed E-state index contributed by atoms with van der Waals surface area (Å²) in [6.07, 6.45) is 0. The third kappa shape index (κ3) is 5.28. The summed E-state index contributed by atoms with van der Waals surface area (Å²) in [4.78, 5) is 22.8. The molecule has 7 heteroatoms. The Kier molecular flexibility index (Phi) is 6.28. The van der Waals surface area contributed by atoms with Gasteiger partial charge in [0.1, 0.15) is 17.3 Å². The molecule has 1 aromatic heterocycles. The second-order valence-corrected chi connectivity index (χ2v) is 6.69. The number of nitrogens with one attached hydrogen (secondary N) is 2. The molecule has 0 aliphatic carbocycles. The van der Waals surface area contributed by atoms with E-state index in [0.29, 0.717) is 23.9 Å². The summed E-state index contributed by atoms with van der Waals surface area (Å²) < 4.78 is 1.01. The lowest BCUT2D eigenvalue weighted by molar-refractivity contribution is 0.0945. The van der Waals surface area contributed by atoms with Crippen molar-refractivity contribution < 1.29 is 4.79 Å². The van der Waals surface area contributed by atoms with Crippen LogP contribution in [0.2, 0.25) is 0 Å². The minimum absolute atomic E-state index is 0.199. The van der Waals surface area contributed by atoms with Gasteiger partial charge >= 0.3 is 0 Å². The van der Waals surface area contributed by atoms with E-state index in [1.807, 2.05) is 44.1 Å². The Morgan fingerprint density at radius 1 is 1.21 bits per heavy atom. The Morgan fingerprint density at radius 2 is 1.96 bits per heavy atom. The van der Waals surface area contributed by atoms with Crippen LogP contribution in [0.5, 0.6) is 0 Å². The molecule has 1 aromatic carbocycles. The van der Waals surface area contributed by atoms with Crippen LogP contribution >= 0.6 is 15.9 Å². The van der Waals surface area contributed by atoms with Crippen LogP contribution in [-0.2, 0) is 0 Å². The second kappa shape index (κ2) is 8.21. The monoisotopic (exact) mass is 391 g/mol. The van der Waals surface area contributed by atoms with E-state index in [0.717, 1.165) is 22.3 Å². The van der Waals surface area contributed by atoms with Crippen molar-refractivity contribution in [3.8, 4) is 0 Å². The van der Waals surface area contributed by atoms with E-state index in [9.17, 15) is 4.79 Å². The molecular formula is C17H22BrN5O. The molecule has 0 radical (unpaired) electrons. The molecule has 0 aliphatic rings. The fourth-order valence-corrected chi connectivity index (χ4v) is 2.43. The molecule has 0 aliphatic heterocycles. The van der Waals surface area contributed by atoms with E-state index in [-0.39, 0.29) is 5.91 Å². The minimum atomic E-state index is -0.199. The van der Waals surface area contributed by atoms with Crippen LogP contribution in [0, 0.1) is 13.8 Å². The number of amides is 1. The lowest BCUT2D eigenvalue weighted by Gasteiger charge is -2.12. The Balaban J connectivity index is 2.12. The highest BCUT2D eigenvalue weighted by atomic mass is 79.9. The van der Waals surface area contributed by atoms with E-state index >= 15 is 0 Å². The molecule has 0 fully saturated rings. The summed E-state index contributed by atoms with van der Waals surface area (Å²) >= 11 is 3.51. The van der Waals surface area contributed by atoms with Gasteiger partial charge in [0.05, 0.1) is 0 Å². The van der Waals surface area contributed by atoms with E-state index in [4.69, 9.17) is 0 Å². The average Bonchev–Trinajstić information content (AvgIpc) is 2.50. The standard InChI is InChI=1S/C17H22BrN5O/c1-11-5-6-13(9-14(11)18)22-16-10-15(20-12(2)21-16)17(24)19-7-8-23(3)4/h5-6,9-10H,7-8H2,1-4H3,(H,19,24)(H,20,21,22). The molecule has 128 valence electrons. The van der Waals surface area contributed by atoms with Gasteiger partial charge in [-0.15, -0.1) is 0 Å². The SMILES string of the molecule is Cc1nc(Nc2ccc(C)c(Br)c2)cc(C(=O)NCCN(C)C)n1. The van der Waals surface area contributed by atoms with Gasteiger partial charge in [0, 0.05) is 29.3 Å². The molecule has 1 amide bonds. The topological polar surface area (TPSA) is 70.2 Å². The largest absolute Gasteiger partial charge is 0.349 e. The third-order valence-corrected chi connectivity index (χ3v) is 4.21. The number of aryl methyl sites for hydroxylation is 2. The van der Waals surface area contributed by atoms with Gasteiger partial charge in [0.25, 0.3) is 5.91 Å². The molecule has 0 unspecified atom stereocenters. The number of benzene rings is 1. The summed E-state index contributed by atoms with van der Waals surface area (Å²) in [7, 11) is 3.92. The second-order valence-electron chi connectivity index (χ2n) is 5.83. The highest BCUT2D eigenvalue weighted by Gasteiger charge is 2.10. The number of aromatic nitrogens is 2. The molecule has 6 nitrogen and oxygen atoms in total. The number of hydrogen-bond acceptors (Lipinski definition) is 5. The van der Waals surface area contributed by atoms with Gasteiger partial charge in [0.15, 0.2) is 0 Å². The number of likely N-dealkylation sites (N-methyl/N-ethyl adjacent to an activating group) is 1. The molecule has 0 atom stereocenters. The first kappa shape index (κ1) is 18.4. The van der Waals surface area contributed by atoms with Crippen molar-refractivity contribution in [1.82, 2.24) is 20.2 Å². The fraction of sp³-hybridized carbons (Fsp3) is 0.353. The number of nitrogens with zero attached hydrogens (tertiary/aromatic N) is 3.